The number of methoxy groups -OCH3 is 1. The van der Waals surface area contributed by atoms with Gasteiger partial charge in [-0.05, 0) is 73.6 Å². The molecule has 8 heteroatoms. The van der Waals surface area contributed by atoms with Gasteiger partial charge in [-0.2, -0.15) is 5.10 Å². The Labute approximate surface area is 204 Å². The second-order valence-electron chi connectivity index (χ2n) is 8.87. The molecule has 0 aliphatic heterocycles. The van der Waals surface area contributed by atoms with Gasteiger partial charge in [0.25, 0.3) is 0 Å². The van der Waals surface area contributed by atoms with Crippen LogP contribution < -0.4 is 9.47 Å². The van der Waals surface area contributed by atoms with Gasteiger partial charge in [-0.3, -0.25) is 0 Å². The number of carbonyl (C=O) groups is 2. The highest BCUT2D eigenvalue weighted by atomic mass is 16.5. The number of benzene rings is 2. The number of hydrogen-bond donors (Lipinski definition) is 1. The summed E-state index contributed by atoms with van der Waals surface area (Å²) < 4.78 is 18.7. The minimum atomic E-state index is -1.01. The smallest absolute Gasteiger partial charge is 0.358 e. The Kier molecular flexibility index (Phi) is 7.10. The molecule has 0 radical (unpaired) electrons. The van der Waals surface area contributed by atoms with E-state index >= 15 is 0 Å². The lowest BCUT2D eigenvalue weighted by atomic mass is 9.98. The molecular formula is C27H30N2O6. The zero-order valence-electron chi connectivity index (χ0n) is 20.4. The van der Waals surface area contributed by atoms with Crippen LogP contribution >= 0.6 is 0 Å². The summed E-state index contributed by atoms with van der Waals surface area (Å²) in [4.78, 5) is 24.3. The number of rotatable bonds is 10. The van der Waals surface area contributed by atoms with Crippen molar-refractivity contribution in [3.05, 3.63) is 59.3 Å². The first-order valence-corrected chi connectivity index (χ1v) is 11.8. The molecule has 0 spiro atoms. The molecule has 184 valence electrons. The zero-order chi connectivity index (χ0) is 25.1. The first-order chi connectivity index (χ1) is 16.8. The van der Waals surface area contributed by atoms with Crippen molar-refractivity contribution in [1.82, 2.24) is 9.78 Å². The quantitative estimate of drug-likeness (QED) is 0.393. The maximum atomic E-state index is 12.7. The lowest BCUT2D eigenvalue weighted by Gasteiger charge is -2.19. The highest BCUT2D eigenvalue weighted by molar-refractivity contribution is 5.91. The van der Waals surface area contributed by atoms with Crippen molar-refractivity contribution in [1.29, 1.82) is 0 Å². The second-order valence-corrected chi connectivity index (χ2v) is 8.87. The van der Waals surface area contributed by atoms with Crippen molar-refractivity contribution in [2.24, 2.45) is 5.92 Å². The van der Waals surface area contributed by atoms with Gasteiger partial charge in [-0.1, -0.05) is 19.9 Å². The van der Waals surface area contributed by atoms with E-state index in [1.54, 1.807) is 36.9 Å². The fourth-order valence-corrected chi connectivity index (χ4v) is 3.94. The molecule has 0 bridgehead atoms. The molecule has 1 aliphatic carbocycles. The first kappa shape index (κ1) is 24.3. The Morgan fingerprint density at radius 2 is 1.89 bits per heavy atom. The third-order valence-corrected chi connectivity index (χ3v) is 5.95. The molecule has 4 rings (SSSR count). The lowest BCUT2D eigenvalue weighted by molar-refractivity contribution is 0.0518. The van der Waals surface area contributed by atoms with Gasteiger partial charge in [-0.25, -0.2) is 14.3 Å². The molecule has 1 aliphatic rings. The molecule has 35 heavy (non-hydrogen) atoms. The normalized spacial score (nSPS) is 13.1. The van der Waals surface area contributed by atoms with Gasteiger partial charge >= 0.3 is 11.9 Å². The number of hydrogen-bond acceptors (Lipinski definition) is 6. The van der Waals surface area contributed by atoms with E-state index in [1.165, 1.54) is 6.07 Å². The van der Waals surface area contributed by atoms with Crippen LogP contribution in [-0.4, -0.2) is 47.1 Å². The zero-order valence-corrected chi connectivity index (χ0v) is 20.4. The fraction of sp³-hybridized carbons (Fsp3) is 0.370. The Morgan fingerprint density at radius 1 is 1.14 bits per heavy atom. The van der Waals surface area contributed by atoms with Crippen molar-refractivity contribution in [2.75, 3.05) is 20.3 Å². The number of carboxylic acids is 1. The van der Waals surface area contributed by atoms with Crippen LogP contribution in [0.2, 0.25) is 0 Å². The van der Waals surface area contributed by atoms with Crippen LogP contribution in [0.1, 0.15) is 65.9 Å². The molecule has 0 amide bonds. The predicted octanol–water partition coefficient (Wildman–Crippen LogP) is 5.34. The minimum absolute atomic E-state index is 0.00403. The average molecular weight is 479 g/mol. The third-order valence-electron chi connectivity index (χ3n) is 5.95. The van der Waals surface area contributed by atoms with E-state index in [4.69, 9.17) is 14.2 Å². The molecule has 0 unspecified atom stereocenters. The molecule has 1 heterocycles. The highest BCUT2D eigenvalue weighted by Crippen LogP contribution is 2.41. The summed E-state index contributed by atoms with van der Waals surface area (Å²) in [5, 5.41) is 14.1. The highest BCUT2D eigenvalue weighted by Gasteiger charge is 2.27. The fourth-order valence-electron chi connectivity index (χ4n) is 3.94. The molecule has 3 aromatic rings. The standard InChI is InChI=1S/C27H30N2O6/c1-5-34-27(32)20-14-22(25-23(33-4)7-6-8-24(25)35-15-17-9-10-17)29(28-20)21-12-11-18(26(30)31)13-19(21)16(2)3/h6-8,11-14,16-17H,5,9-10,15H2,1-4H3,(H,30,31). The third kappa shape index (κ3) is 5.16. The van der Waals surface area contributed by atoms with Crippen LogP contribution in [0.5, 0.6) is 11.5 Å². The van der Waals surface area contributed by atoms with Gasteiger partial charge in [-0.15, -0.1) is 0 Å². The second kappa shape index (κ2) is 10.2. The SMILES string of the molecule is CCOC(=O)c1cc(-c2c(OC)cccc2OCC2CC2)n(-c2ccc(C(=O)O)cc2C(C)C)n1. The van der Waals surface area contributed by atoms with Crippen LogP contribution in [0.15, 0.2) is 42.5 Å². The number of nitrogens with zero attached hydrogens (tertiary/aromatic N) is 2. The van der Waals surface area contributed by atoms with Gasteiger partial charge in [0.2, 0.25) is 0 Å². The summed E-state index contributed by atoms with van der Waals surface area (Å²) in [6.07, 6.45) is 2.30. The van der Waals surface area contributed by atoms with Crippen LogP contribution in [0, 0.1) is 5.92 Å². The van der Waals surface area contributed by atoms with E-state index in [9.17, 15) is 14.7 Å². The predicted molar refractivity (Wildman–Crippen MR) is 131 cm³/mol. The number of esters is 1. The topological polar surface area (TPSA) is 99.9 Å². The van der Waals surface area contributed by atoms with Crippen molar-refractivity contribution in [3.63, 3.8) is 0 Å². The number of carboxylic acid groups (broad SMARTS) is 1. The minimum Gasteiger partial charge on any atom is -0.496 e. The van der Waals surface area contributed by atoms with Crippen molar-refractivity contribution in [3.8, 4) is 28.4 Å². The number of aromatic carboxylic acids is 1. The summed E-state index contributed by atoms with van der Waals surface area (Å²) in [6, 6.07) is 12.1. The van der Waals surface area contributed by atoms with Crippen LogP contribution in [0.4, 0.5) is 0 Å². The Morgan fingerprint density at radius 3 is 2.51 bits per heavy atom. The van der Waals surface area contributed by atoms with E-state index < -0.39 is 11.9 Å². The van der Waals surface area contributed by atoms with Gasteiger partial charge < -0.3 is 19.3 Å². The number of aromatic nitrogens is 2. The summed E-state index contributed by atoms with van der Waals surface area (Å²) >= 11 is 0. The van der Waals surface area contributed by atoms with E-state index in [0.717, 1.165) is 18.4 Å². The summed E-state index contributed by atoms with van der Waals surface area (Å²) in [7, 11) is 1.58. The largest absolute Gasteiger partial charge is 0.496 e. The number of carbonyl (C=O) groups excluding carboxylic acids is 1. The average Bonchev–Trinajstić information content (AvgIpc) is 3.58. The van der Waals surface area contributed by atoms with E-state index in [2.05, 4.69) is 5.10 Å². The molecule has 1 aromatic heterocycles. The van der Waals surface area contributed by atoms with Gasteiger partial charge in [0.05, 0.1) is 42.8 Å². The molecular weight excluding hydrogens is 448 g/mol. The van der Waals surface area contributed by atoms with Crippen molar-refractivity contribution >= 4 is 11.9 Å². The van der Waals surface area contributed by atoms with Crippen molar-refractivity contribution < 1.29 is 28.9 Å². The monoisotopic (exact) mass is 478 g/mol. The van der Waals surface area contributed by atoms with Crippen LogP contribution in [0.25, 0.3) is 16.9 Å². The van der Waals surface area contributed by atoms with Crippen LogP contribution in [-0.2, 0) is 4.74 Å². The van der Waals surface area contributed by atoms with E-state index in [-0.39, 0.29) is 23.8 Å². The summed E-state index contributed by atoms with van der Waals surface area (Å²) in [5.41, 5.74) is 3.01. The summed E-state index contributed by atoms with van der Waals surface area (Å²) in [6.45, 7) is 6.52. The maximum Gasteiger partial charge on any atom is 0.358 e. The molecule has 1 fully saturated rings. The maximum absolute atomic E-state index is 12.7. The Balaban J connectivity index is 1.94. The lowest BCUT2D eigenvalue weighted by Crippen LogP contribution is -2.10. The van der Waals surface area contributed by atoms with Crippen molar-refractivity contribution in [2.45, 2.75) is 39.5 Å². The molecule has 1 saturated carbocycles. The molecule has 2 aromatic carbocycles. The molecule has 1 N–H and O–H groups in total. The molecule has 0 atom stereocenters. The van der Waals surface area contributed by atoms with E-state index in [0.29, 0.717) is 41.0 Å². The van der Waals surface area contributed by atoms with Gasteiger partial charge in [0.15, 0.2) is 5.69 Å². The van der Waals surface area contributed by atoms with Gasteiger partial charge in [0, 0.05) is 0 Å². The number of ether oxygens (including phenoxy) is 3. The Hall–Kier alpha value is -3.81. The van der Waals surface area contributed by atoms with Gasteiger partial charge in [0.1, 0.15) is 11.5 Å². The summed E-state index contributed by atoms with van der Waals surface area (Å²) in [5.74, 6) is 0.188. The first-order valence-electron chi connectivity index (χ1n) is 11.8. The molecule has 0 saturated heterocycles. The Bertz CT molecular complexity index is 1240. The van der Waals surface area contributed by atoms with E-state index in [1.807, 2.05) is 32.0 Å². The van der Waals surface area contributed by atoms with Crippen LogP contribution in [0.3, 0.4) is 0 Å². The molecule has 8 nitrogen and oxygen atoms in total.